The molecule has 0 saturated carbocycles. The molecule has 1 aliphatic rings. The highest BCUT2D eigenvalue weighted by atomic mass is 16.7. The van der Waals surface area contributed by atoms with E-state index in [-0.39, 0.29) is 19.6 Å². The molecule has 2 rings (SSSR count). The number of carbonyl (C=O) groups is 2. The highest BCUT2D eigenvalue weighted by molar-refractivity contribution is 6.62. The minimum Gasteiger partial charge on any atom is -0.480 e. The van der Waals surface area contributed by atoms with Crippen LogP contribution in [0.2, 0.25) is 0 Å². The van der Waals surface area contributed by atoms with Gasteiger partial charge in [-0.3, -0.25) is 4.79 Å². The van der Waals surface area contributed by atoms with Crippen LogP contribution in [0, 0.1) is 0 Å². The van der Waals surface area contributed by atoms with Crippen molar-refractivity contribution >= 4 is 24.5 Å². The molecule has 160 valence electrons. The average molecular weight is 407 g/mol. The van der Waals surface area contributed by atoms with E-state index in [0.29, 0.717) is 6.61 Å². The number of rotatable bonds is 10. The normalized spacial score (nSPS) is 18.4. The number of amides is 1. The molecular weight excluding hydrogens is 377 g/mol. The summed E-state index contributed by atoms with van der Waals surface area (Å²) in [7, 11) is 1.05. The number of benzene rings is 1. The maximum atomic E-state index is 11.9. The van der Waals surface area contributed by atoms with Crippen LogP contribution in [0.15, 0.2) is 24.3 Å². The van der Waals surface area contributed by atoms with Crippen LogP contribution in [0.3, 0.4) is 0 Å². The first-order valence-corrected chi connectivity index (χ1v) is 9.59. The van der Waals surface area contributed by atoms with Gasteiger partial charge in [0, 0.05) is 13.5 Å². The highest BCUT2D eigenvalue weighted by Gasteiger charge is 2.51. The van der Waals surface area contributed by atoms with Gasteiger partial charge in [-0.05, 0) is 38.7 Å². The molecule has 1 aliphatic heterocycles. The SMILES string of the molecule is COCCOCC(=O)N[C@H](Cc1ccc(B2OC(C)(C)C(C)(C)O2)cc1)C(=O)O. The zero-order valence-electron chi connectivity index (χ0n) is 17.7. The number of aliphatic carboxylic acids is 1. The van der Waals surface area contributed by atoms with E-state index >= 15 is 0 Å². The molecule has 0 radical (unpaired) electrons. The highest BCUT2D eigenvalue weighted by Crippen LogP contribution is 2.36. The quantitative estimate of drug-likeness (QED) is 0.436. The van der Waals surface area contributed by atoms with Gasteiger partial charge in [0.05, 0.1) is 24.4 Å². The Morgan fingerprint density at radius 2 is 1.69 bits per heavy atom. The third kappa shape index (κ3) is 6.27. The van der Waals surface area contributed by atoms with E-state index in [1.807, 2.05) is 52.0 Å². The molecule has 8 nitrogen and oxygen atoms in total. The van der Waals surface area contributed by atoms with Gasteiger partial charge >= 0.3 is 13.1 Å². The van der Waals surface area contributed by atoms with Crippen LogP contribution in [0.4, 0.5) is 0 Å². The van der Waals surface area contributed by atoms with E-state index < -0.39 is 36.2 Å². The van der Waals surface area contributed by atoms with E-state index in [2.05, 4.69) is 5.32 Å². The predicted molar refractivity (Wildman–Crippen MR) is 108 cm³/mol. The van der Waals surface area contributed by atoms with Gasteiger partial charge in [0.25, 0.3) is 0 Å². The molecule has 1 amide bonds. The van der Waals surface area contributed by atoms with E-state index in [0.717, 1.165) is 11.0 Å². The molecule has 29 heavy (non-hydrogen) atoms. The number of methoxy groups -OCH3 is 1. The van der Waals surface area contributed by atoms with Gasteiger partial charge in [0.1, 0.15) is 12.6 Å². The fourth-order valence-corrected chi connectivity index (χ4v) is 2.77. The summed E-state index contributed by atoms with van der Waals surface area (Å²) in [4.78, 5) is 23.4. The number of ether oxygens (including phenoxy) is 2. The standard InChI is InChI=1S/C20H30BNO7/c1-19(2)20(3,4)29-21(28-19)15-8-6-14(7-9-15)12-16(18(24)25)22-17(23)13-27-11-10-26-5/h6-9,16H,10-13H2,1-5H3,(H,22,23)(H,24,25)/t16-/m1/s1. The van der Waals surface area contributed by atoms with Gasteiger partial charge in [-0.25, -0.2) is 4.79 Å². The van der Waals surface area contributed by atoms with Crippen molar-refractivity contribution in [1.82, 2.24) is 5.32 Å². The fourth-order valence-electron chi connectivity index (χ4n) is 2.77. The van der Waals surface area contributed by atoms with Crippen molar-refractivity contribution in [2.45, 2.75) is 51.4 Å². The minimum absolute atomic E-state index is 0.156. The Balaban J connectivity index is 1.94. The Morgan fingerprint density at radius 1 is 1.10 bits per heavy atom. The Kier molecular flexibility index (Phi) is 7.82. The third-order valence-electron chi connectivity index (χ3n) is 5.24. The Labute approximate surface area is 172 Å². The second-order valence-electron chi connectivity index (χ2n) is 8.04. The number of carbonyl (C=O) groups excluding carboxylic acids is 1. The zero-order valence-corrected chi connectivity index (χ0v) is 17.7. The Hall–Kier alpha value is -1.94. The first-order chi connectivity index (χ1) is 13.6. The van der Waals surface area contributed by atoms with Crippen LogP contribution >= 0.6 is 0 Å². The maximum Gasteiger partial charge on any atom is 0.494 e. The van der Waals surface area contributed by atoms with Gasteiger partial charge in [-0.15, -0.1) is 0 Å². The van der Waals surface area contributed by atoms with Crippen LogP contribution in [0.25, 0.3) is 0 Å². The molecule has 1 aromatic rings. The lowest BCUT2D eigenvalue weighted by Gasteiger charge is -2.32. The lowest BCUT2D eigenvalue weighted by Crippen LogP contribution is -2.44. The summed E-state index contributed by atoms with van der Waals surface area (Å²) < 4.78 is 22.0. The number of carboxylic acid groups (broad SMARTS) is 1. The van der Waals surface area contributed by atoms with E-state index in [1.54, 1.807) is 0 Å². The molecular formula is C20H30BNO7. The Bertz CT molecular complexity index is 689. The molecule has 1 saturated heterocycles. The van der Waals surface area contributed by atoms with E-state index in [4.69, 9.17) is 18.8 Å². The van der Waals surface area contributed by atoms with Gasteiger partial charge in [-0.2, -0.15) is 0 Å². The van der Waals surface area contributed by atoms with Crippen molar-refractivity contribution in [3.05, 3.63) is 29.8 Å². The molecule has 9 heteroatoms. The minimum atomic E-state index is -1.11. The summed E-state index contributed by atoms with van der Waals surface area (Å²) in [6.45, 7) is 8.36. The summed E-state index contributed by atoms with van der Waals surface area (Å²) in [5, 5.41) is 11.9. The number of hydrogen-bond acceptors (Lipinski definition) is 6. The summed E-state index contributed by atoms with van der Waals surface area (Å²) in [5.74, 6) is -1.59. The summed E-state index contributed by atoms with van der Waals surface area (Å²) >= 11 is 0. The van der Waals surface area contributed by atoms with Crippen LogP contribution in [-0.2, 0) is 34.8 Å². The van der Waals surface area contributed by atoms with E-state index in [9.17, 15) is 14.7 Å². The van der Waals surface area contributed by atoms with Gasteiger partial charge in [0.15, 0.2) is 0 Å². The molecule has 0 unspecified atom stereocenters. The zero-order chi connectivity index (χ0) is 21.7. The second-order valence-corrected chi connectivity index (χ2v) is 8.04. The van der Waals surface area contributed by atoms with Crippen molar-refractivity contribution in [3.63, 3.8) is 0 Å². The predicted octanol–water partition coefficient (Wildman–Crippen LogP) is 0.761. The first-order valence-electron chi connectivity index (χ1n) is 9.59. The molecule has 1 aromatic carbocycles. The molecule has 0 aromatic heterocycles. The molecule has 2 N–H and O–H groups in total. The number of hydrogen-bond donors (Lipinski definition) is 2. The average Bonchev–Trinajstić information content (AvgIpc) is 2.86. The van der Waals surface area contributed by atoms with Crippen LogP contribution in [0.1, 0.15) is 33.3 Å². The van der Waals surface area contributed by atoms with Crippen LogP contribution in [0.5, 0.6) is 0 Å². The fraction of sp³-hybridized carbons (Fsp3) is 0.600. The summed E-state index contributed by atoms with van der Waals surface area (Å²) in [6, 6.07) is 6.30. The van der Waals surface area contributed by atoms with Gasteiger partial charge < -0.3 is 29.2 Å². The van der Waals surface area contributed by atoms with Crippen molar-refractivity contribution < 1.29 is 33.5 Å². The maximum absolute atomic E-state index is 11.9. The molecule has 1 heterocycles. The summed E-state index contributed by atoms with van der Waals surface area (Å²) in [5.41, 5.74) is 0.772. The van der Waals surface area contributed by atoms with Crippen molar-refractivity contribution in [3.8, 4) is 0 Å². The van der Waals surface area contributed by atoms with Crippen LogP contribution < -0.4 is 10.8 Å². The Morgan fingerprint density at radius 3 is 2.21 bits per heavy atom. The van der Waals surface area contributed by atoms with Crippen molar-refractivity contribution in [2.24, 2.45) is 0 Å². The molecule has 0 bridgehead atoms. The van der Waals surface area contributed by atoms with Gasteiger partial charge in [0.2, 0.25) is 5.91 Å². The van der Waals surface area contributed by atoms with Crippen LogP contribution in [-0.4, -0.2) is 68.3 Å². The topological polar surface area (TPSA) is 103 Å². The number of nitrogens with one attached hydrogen (secondary N) is 1. The lowest BCUT2D eigenvalue weighted by molar-refractivity contribution is -0.142. The van der Waals surface area contributed by atoms with Crippen molar-refractivity contribution in [1.29, 1.82) is 0 Å². The van der Waals surface area contributed by atoms with Crippen molar-refractivity contribution in [2.75, 3.05) is 26.9 Å². The molecule has 1 atom stereocenters. The molecule has 0 aliphatic carbocycles. The molecule has 1 fully saturated rings. The largest absolute Gasteiger partial charge is 0.494 e. The molecule has 0 spiro atoms. The second kappa shape index (κ2) is 9.71. The monoisotopic (exact) mass is 407 g/mol. The number of carboxylic acids is 1. The first kappa shape index (κ1) is 23.3. The van der Waals surface area contributed by atoms with E-state index in [1.165, 1.54) is 7.11 Å². The lowest BCUT2D eigenvalue weighted by atomic mass is 9.78. The third-order valence-corrected chi connectivity index (χ3v) is 5.24. The van der Waals surface area contributed by atoms with Gasteiger partial charge in [-0.1, -0.05) is 24.3 Å². The summed E-state index contributed by atoms with van der Waals surface area (Å²) in [6.07, 6.45) is 0.156. The smallest absolute Gasteiger partial charge is 0.480 e.